The Labute approximate surface area is 192 Å². The summed E-state index contributed by atoms with van der Waals surface area (Å²) in [6.45, 7) is 4.31. The van der Waals surface area contributed by atoms with Crippen molar-refractivity contribution in [3.8, 4) is 5.75 Å². The van der Waals surface area contributed by atoms with Gasteiger partial charge < -0.3 is 9.47 Å². The number of imidazole rings is 1. The maximum Gasteiger partial charge on any atom is 0.153 e. The van der Waals surface area contributed by atoms with Crippen molar-refractivity contribution < 1.29 is 13.9 Å². The highest BCUT2D eigenvalue weighted by atomic mass is 19.1. The largest absolute Gasteiger partial charge is 0.489 e. The average Bonchev–Trinajstić information content (AvgIpc) is 3.18. The van der Waals surface area contributed by atoms with Crippen molar-refractivity contribution in [1.82, 2.24) is 19.5 Å². The molecule has 170 valence electrons. The van der Waals surface area contributed by atoms with Crippen molar-refractivity contribution in [2.24, 2.45) is 5.92 Å². The number of halogens is 1. The molecule has 3 heterocycles. The summed E-state index contributed by atoms with van der Waals surface area (Å²) in [4.78, 5) is 6.68. The Balaban J connectivity index is 1.24. The monoisotopic (exact) mass is 446 g/mol. The quantitative estimate of drug-likeness (QED) is 0.427. The second kappa shape index (κ2) is 10.1. The third-order valence-electron chi connectivity index (χ3n) is 5.88. The summed E-state index contributed by atoms with van der Waals surface area (Å²) in [7, 11) is 0. The summed E-state index contributed by atoms with van der Waals surface area (Å²) in [6.07, 6.45) is 4.48. The summed E-state index contributed by atoms with van der Waals surface area (Å²) in [5, 5.41) is 4.68. The Morgan fingerprint density at radius 1 is 1.09 bits per heavy atom. The molecule has 6 nitrogen and oxygen atoms in total. The molecule has 0 spiro atoms. The zero-order chi connectivity index (χ0) is 22.5. The normalized spacial score (nSPS) is 17.2. The van der Waals surface area contributed by atoms with E-state index >= 15 is 0 Å². The smallest absolute Gasteiger partial charge is 0.153 e. The lowest BCUT2D eigenvalue weighted by Crippen LogP contribution is -2.30. The second-order valence-corrected chi connectivity index (χ2v) is 8.46. The highest BCUT2D eigenvalue weighted by Gasteiger charge is 2.21. The van der Waals surface area contributed by atoms with Crippen LogP contribution in [-0.2, 0) is 24.3 Å². The summed E-state index contributed by atoms with van der Waals surface area (Å²) >= 11 is 0. The number of para-hydroxylation sites is 1. The van der Waals surface area contributed by atoms with Crippen molar-refractivity contribution >= 4 is 5.65 Å². The van der Waals surface area contributed by atoms with E-state index in [9.17, 15) is 4.39 Å². The van der Waals surface area contributed by atoms with Crippen LogP contribution >= 0.6 is 0 Å². The third-order valence-corrected chi connectivity index (χ3v) is 5.88. The van der Waals surface area contributed by atoms with E-state index in [0.29, 0.717) is 19.1 Å². The zero-order valence-corrected chi connectivity index (χ0v) is 18.4. The van der Waals surface area contributed by atoms with E-state index < -0.39 is 0 Å². The lowest BCUT2D eigenvalue weighted by Gasteiger charge is -2.24. The van der Waals surface area contributed by atoms with Gasteiger partial charge >= 0.3 is 0 Å². The van der Waals surface area contributed by atoms with Gasteiger partial charge in [-0.3, -0.25) is 4.90 Å². The van der Waals surface area contributed by atoms with Crippen LogP contribution in [0.25, 0.3) is 5.65 Å². The third kappa shape index (κ3) is 5.56. The minimum Gasteiger partial charge on any atom is -0.489 e. The first-order valence-electron chi connectivity index (χ1n) is 11.3. The van der Waals surface area contributed by atoms with Crippen LogP contribution < -0.4 is 4.74 Å². The molecule has 1 aliphatic rings. The standard InChI is InChI=1S/C26H27FN4O2/c27-23-6-3-4-20(14-23)19-33-25-7-2-1-5-22(25)17-30-12-13-32-18-21(16-30)15-24-8-9-26-28-10-11-31(26)29-24/h1-11,14,21H,12-13,15-19H2/t21-/m0/s1. The second-order valence-electron chi connectivity index (χ2n) is 8.46. The molecular formula is C26H27FN4O2. The van der Waals surface area contributed by atoms with Crippen molar-refractivity contribution in [1.29, 1.82) is 0 Å². The molecule has 1 atom stereocenters. The van der Waals surface area contributed by atoms with Gasteiger partial charge in [0.25, 0.3) is 0 Å². The SMILES string of the molecule is Fc1cccc(COc2ccccc2CN2CCOC[C@@H](Cc3ccc4nccn4n3)C2)c1. The molecule has 5 rings (SSSR count). The van der Waals surface area contributed by atoms with Gasteiger partial charge in [0.2, 0.25) is 0 Å². The molecule has 4 aromatic rings. The fourth-order valence-electron chi connectivity index (χ4n) is 4.28. The van der Waals surface area contributed by atoms with Gasteiger partial charge in [-0.05, 0) is 42.3 Å². The van der Waals surface area contributed by atoms with E-state index in [1.54, 1.807) is 12.3 Å². The van der Waals surface area contributed by atoms with Crippen LogP contribution in [0.2, 0.25) is 0 Å². The molecule has 0 radical (unpaired) electrons. The van der Waals surface area contributed by atoms with Gasteiger partial charge in [0, 0.05) is 43.5 Å². The van der Waals surface area contributed by atoms with Crippen LogP contribution in [0.3, 0.4) is 0 Å². The molecule has 7 heteroatoms. The number of fused-ring (bicyclic) bond motifs is 1. The fraction of sp³-hybridized carbons (Fsp3) is 0.308. The Bertz CT molecular complexity index is 1210. The van der Waals surface area contributed by atoms with E-state index in [0.717, 1.165) is 60.9 Å². The van der Waals surface area contributed by atoms with E-state index in [1.165, 1.54) is 12.1 Å². The van der Waals surface area contributed by atoms with Gasteiger partial charge in [0.15, 0.2) is 5.65 Å². The van der Waals surface area contributed by atoms with Crippen molar-refractivity contribution in [3.05, 3.63) is 95.7 Å². The first-order chi connectivity index (χ1) is 16.2. The van der Waals surface area contributed by atoms with Crippen molar-refractivity contribution in [2.75, 3.05) is 26.3 Å². The van der Waals surface area contributed by atoms with Crippen LogP contribution in [0.1, 0.15) is 16.8 Å². The molecule has 1 fully saturated rings. The van der Waals surface area contributed by atoms with Gasteiger partial charge in [-0.1, -0.05) is 30.3 Å². The molecule has 2 aromatic heterocycles. The lowest BCUT2D eigenvalue weighted by atomic mass is 10.0. The molecule has 0 amide bonds. The predicted octanol–water partition coefficient (Wildman–Crippen LogP) is 4.14. The highest BCUT2D eigenvalue weighted by Crippen LogP contribution is 2.23. The highest BCUT2D eigenvalue weighted by molar-refractivity contribution is 5.36. The summed E-state index contributed by atoms with van der Waals surface area (Å²) in [6, 6.07) is 18.6. The molecule has 0 unspecified atom stereocenters. The van der Waals surface area contributed by atoms with E-state index in [-0.39, 0.29) is 5.82 Å². The Hall–Kier alpha value is -3.29. The Morgan fingerprint density at radius 2 is 2.03 bits per heavy atom. The van der Waals surface area contributed by atoms with E-state index in [1.807, 2.05) is 47.1 Å². The Kier molecular flexibility index (Phi) is 6.60. The Morgan fingerprint density at radius 3 is 2.97 bits per heavy atom. The molecule has 0 saturated carbocycles. The molecule has 1 saturated heterocycles. The number of benzene rings is 2. The van der Waals surface area contributed by atoms with Gasteiger partial charge in [-0.2, -0.15) is 5.10 Å². The maximum atomic E-state index is 13.5. The van der Waals surface area contributed by atoms with E-state index in [4.69, 9.17) is 9.47 Å². The van der Waals surface area contributed by atoms with Gasteiger partial charge in [-0.15, -0.1) is 0 Å². The number of aromatic nitrogens is 3. The van der Waals surface area contributed by atoms with Crippen LogP contribution in [0.4, 0.5) is 4.39 Å². The molecular weight excluding hydrogens is 419 g/mol. The molecule has 0 N–H and O–H groups in total. The van der Waals surface area contributed by atoms with Gasteiger partial charge in [0.05, 0.1) is 18.9 Å². The number of ether oxygens (including phenoxy) is 2. The topological polar surface area (TPSA) is 51.9 Å². The minimum atomic E-state index is -0.248. The van der Waals surface area contributed by atoms with Crippen molar-refractivity contribution in [2.45, 2.75) is 19.6 Å². The summed E-state index contributed by atoms with van der Waals surface area (Å²) in [5.74, 6) is 0.929. The molecule has 33 heavy (non-hydrogen) atoms. The fourth-order valence-corrected chi connectivity index (χ4v) is 4.28. The minimum absolute atomic E-state index is 0.248. The van der Waals surface area contributed by atoms with Gasteiger partial charge in [0.1, 0.15) is 18.2 Å². The van der Waals surface area contributed by atoms with Crippen LogP contribution in [0.15, 0.2) is 73.1 Å². The number of hydrogen-bond acceptors (Lipinski definition) is 5. The van der Waals surface area contributed by atoms with Gasteiger partial charge in [-0.25, -0.2) is 13.9 Å². The molecule has 1 aliphatic heterocycles. The predicted molar refractivity (Wildman–Crippen MR) is 123 cm³/mol. The average molecular weight is 447 g/mol. The summed E-state index contributed by atoms with van der Waals surface area (Å²) in [5.41, 5.74) is 3.82. The first-order valence-corrected chi connectivity index (χ1v) is 11.3. The number of hydrogen-bond donors (Lipinski definition) is 0. The van der Waals surface area contributed by atoms with Crippen LogP contribution in [0, 0.1) is 11.7 Å². The number of nitrogens with zero attached hydrogens (tertiary/aromatic N) is 4. The maximum absolute atomic E-state index is 13.5. The molecule has 0 aliphatic carbocycles. The summed E-state index contributed by atoms with van der Waals surface area (Å²) < 4.78 is 27.3. The molecule has 0 bridgehead atoms. The molecule has 2 aromatic carbocycles. The first kappa shape index (κ1) is 21.6. The van der Waals surface area contributed by atoms with Crippen molar-refractivity contribution in [3.63, 3.8) is 0 Å². The zero-order valence-electron chi connectivity index (χ0n) is 18.4. The van der Waals surface area contributed by atoms with Crippen LogP contribution in [-0.4, -0.2) is 45.8 Å². The number of rotatable bonds is 7. The van der Waals surface area contributed by atoms with Crippen LogP contribution in [0.5, 0.6) is 5.75 Å². The van der Waals surface area contributed by atoms with E-state index in [2.05, 4.69) is 21.0 Å². The lowest BCUT2D eigenvalue weighted by molar-refractivity contribution is 0.121.